The molecule has 0 atom stereocenters. The van der Waals surface area contributed by atoms with E-state index in [9.17, 15) is 4.79 Å². The quantitative estimate of drug-likeness (QED) is 0.719. The molecule has 1 N–H and O–H groups in total. The second kappa shape index (κ2) is 6.13. The second-order valence-electron chi connectivity index (χ2n) is 3.17. The first-order chi connectivity index (χ1) is 6.83. The van der Waals surface area contributed by atoms with Gasteiger partial charge >= 0.3 is 0 Å². The van der Waals surface area contributed by atoms with E-state index in [2.05, 4.69) is 16.4 Å². The van der Waals surface area contributed by atoms with Gasteiger partial charge in [0.15, 0.2) is 0 Å². The van der Waals surface area contributed by atoms with Crippen molar-refractivity contribution in [3.05, 3.63) is 30.1 Å². The smallest absolute Gasteiger partial charge is 0.219 e. The Kier molecular flexibility index (Phi) is 4.69. The topological polar surface area (TPSA) is 42.0 Å². The van der Waals surface area contributed by atoms with Crippen LogP contribution in [0.15, 0.2) is 24.5 Å². The van der Waals surface area contributed by atoms with E-state index in [1.165, 1.54) is 5.56 Å². The molecule has 3 heteroatoms. The predicted molar refractivity (Wildman–Crippen MR) is 55.9 cm³/mol. The number of aryl methyl sites for hydroxylation is 1. The summed E-state index contributed by atoms with van der Waals surface area (Å²) in [5.74, 6) is 0.121. The van der Waals surface area contributed by atoms with Crippen LogP contribution in [0.2, 0.25) is 0 Å². The molecule has 0 aromatic carbocycles. The lowest BCUT2D eigenvalue weighted by molar-refractivity contribution is -0.120. The van der Waals surface area contributed by atoms with E-state index in [0.717, 1.165) is 19.4 Å². The first kappa shape index (κ1) is 10.7. The van der Waals surface area contributed by atoms with Crippen LogP contribution >= 0.6 is 0 Å². The monoisotopic (exact) mass is 192 g/mol. The van der Waals surface area contributed by atoms with Crippen molar-refractivity contribution in [2.75, 3.05) is 6.54 Å². The standard InChI is InChI=1S/C11H16N2O/c1-2-11(14)13-8-4-6-10-5-3-7-12-9-10/h3,5,7,9H,2,4,6,8H2,1H3,(H,13,14). The van der Waals surface area contributed by atoms with Crippen LogP contribution in [0.3, 0.4) is 0 Å². The van der Waals surface area contributed by atoms with E-state index in [-0.39, 0.29) is 5.91 Å². The van der Waals surface area contributed by atoms with E-state index in [1.54, 1.807) is 6.20 Å². The molecular weight excluding hydrogens is 176 g/mol. The molecule has 0 saturated carbocycles. The molecule has 1 aromatic rings. The third kappa shape index (κ3) is 4.03. The Bertz CT molecular complexity index is 272. The molecule has 76 valence electrons. The van der Waals surface area contributed by atoms with Crippen molar-refractivity contribution in [2.24, 2.45) is 0 Å². The van der Waals surface area contributed by atoms with Gasteiger partial charge in [0.25, 0.3) is 0 Å². The van der Waals surface area contributed by atoms with Gasteiger partial charge < -0.3 is 5.32 Å². The van der Waals surface area contributed by atoms with Crippen LogP contribution in [-0.4, -0.2) is 17.4 Å². The van der Waals surface area contributed by atoms with Crippen molar-refractivity contribution < 1.29 is 4.79 Å². The van der Waals surface area contributed by atoms with Crippen molar-refractivity contribution >= 4 is 5.91 Å². The zero-order valence-electron chi connectivity index (χ0n) is 8.49. The summed E-state index contributed by atoms with van der Waals surface area (Å²) < 4.78 is 0. The van der Waals surface area contributed by atoms with Crippen molar-refractivity contribution in [3.8, 4) is 0 Å². The molecule has 0 bridgehead atoms. The lowest BCUT2D eigenvalue weighted by Crippen LogP contribution is -2.23. The molecule has 1 rings (SSSR count). The molecule has 0 unspecified atom stereocenters. The van der Waals surface area contributed by atoms with E-state index >= 15 is 0 Å². The Hall–Kier alpha value is -1.38. The van der Waals surface area contributed by atoms with Gasteiger partial charge in [0.2, 0.25) is 5.91 Å². The van der Waals surface area contributed by atoms with Gasteiger partial charge in [0.1, 0.15) is 0 Å². The summed E-state index contributed by atoms with van der Waals surface area (Å²) in [4.78, 5) is 14.9. The minimum absolute atomic E-state index is 0.121. The molecular formula is C11H16N2O. The van der Waals surface area contributed by atoms with E-state index < -0.39 is 0 Å². The maximum absolute atomic E-state index is 10.9. The molecule has 0 aliphatic carbocycles. The van der Waals surface area contributed by atoms with Gasteiger partial charge in [-0.3, -0.25) is 9.78 Å². The van der Waals surface area contributed by atoms with Crippen LogP contribution in [0.25, 0.3) is 0 Å². The number of hydrogen-bond donors (Lipinski definition) is 1. The van der Waals surface area contributed by atoms with Gasteiger partial charge in [-0.2, -0.15) is 0 Å². The van der Waals surface area contributed by atoms with Crippen LogP contribution in [0.5, 0.6) is 0 Å². The molecule has 0 fully saturated rings. The molecule has 3 nitrogen and oxygen atoms in total. The highest BCUT2D eigenvalue weighted by Gasteiger charge is 1.96. The zero-order chi connectivity index (χ0) is 10.2. The van der Waals surface area contributed by atoms with E-state index in [4.69, 9.17) is 0 Å². The summed E-state index contributed by atoms with van der Waals surface area (Å²) in [6, 6.07) is 3.98. The van der Waals surface area contributed by atoms with Crippen LogP contribution in [0, 0.1) is 0 Å². The van der Waals surface area contributed by atoms with Gasteiger partial charge in [0.05, 0.1) is 0 Å². The third-order valence-electron chi connectivity index (χ3n) is 2.01. The minimum atomic E-state index is 0.121. The number of nitrogens with one attached hydrogen (secondary N) is 1. The molecule has 0 saturated heterocycles. The summed E-state index contributed by atoms with van der Waals surface area (Å²) in [7, 11) is 0. The Balaban J connectivity index is 2.13. The zero-order valence-corrected chi connectivity index (χ0v) is 8.49. The normalized spacial score (nSPS) is 9.79. The van der Waals surface area contributed by atoms with Crippen LogP contribution in [0.1, 0.15) is 25.3 Å². The van der Waals surface area contributed by atoms with Crippen molar-refractivity contribution in [3.63, 3.8) is 0 Å². The first-order valence-corrected chi connectivity index (χ1v) is 4.98. The molecule has 1 heterocycles. The Morgan fingerprint density at radius 1 is 1.57 bits per heavy atom. The Labute approximate surface area is 84.6 Å². The van der Waals surface area contributed by atoms with Gasteiger partial charge in [-0.15, -0.1) is 0 Å². The summed E-state index contributed by atoms with van der Waals surface area (Å²) >= 11 is 0. The highest BCUT2D eigenvalue weighted by molar-refractivity contribution is 5.75. The average molecular weight is 192 g/mol. The predicted octanol–water partition coefficient (Wildman–Crippen LogP) is 1.54. The third-order valence-corrected chi connectivity index (χ3v) is 2.01. The van der Waals surface area contributed by atoms with Crippen LogP contribution < -0.4 is 5.32 Å². The molecule has 0 aliphatic heterocycles. The Morgan fingerprint density at radius 2 is 2.43 bits per heavy atom. The van der Waals surface area contributed by atoms with Gasteiger partial charge in [-0.05, 0) is 24.5 Å². The number of carbonyl (C=O) groups excluding carboxylic acids is 1. The van der Waals surface area contributed by atoms with Crippen LogP contribution in [0.4, 0.5) is 0 Å². The summed E-state index contributed by atoms with van der Waals surface area (Å²) in [5, 5.41) is 2.84. The van der Waals surface area contributed by atoms with Crippen molar-refractivity contribution in [1.82, 2.24) is 10.3 Å². The molecule has 0 aliphatic rings. The number of hydrogen-bond acceptors (Lipinski definition) is 2. The fourth-order valence-corrected chi connectivity index (χ4v) is 1.19. The lowest BCUT2D eigenvalue weighted by Gasteiger charge is -2.02. The number of pyridine rings is 1. The SMILES string of the molecule is CCC(=O)NCCCc1cccnc1. The summed E-state index contributed by atoms with van der Waals surface area (Å²) in [6.07, 6.45) is 6.13. The van der Waals surface area contributed by atoms with E-state index in [1.807, 2.05) is 19.2 Å². The number of nitrogens with zero attached hydrogens (tertiary/aromatic N) is 1. The Morgan fingerprint density at radius 3 is 3.07 bits per heavy atom. The molecule has 0 spiro atoms. The van der Waals surface area contributed by atoms with Crippen LogP contribution in [-0.2, 0) is 11.2 Å². The average Bonchev–Trinajstić information content (AvgIpc) is 2.25. The number of amides is 1. The number of rotatable bonds is 5. The highest BCUT2D eigenvalue weighted by atomic mass is 16.1. The van der Waals surface area contributed by atoms with Gasteiger partial charge in [-0.1, -0.05) is 13.0 Å². The number of carbonyl (C=O) groups is 1. The van der Waals surface area contributed by atoms with E-state index in [0.29, 0.717) is 6.42 Å². The molecule has 1 aromatic heterocycles. The molecule has 0 radical (unpaired) electrons. The molecule has 1 amide bonds. The van der Waals surface area contributed by atoms with Gasteiger partial charge in [-0.25, -0.2) is 0 Å². The van der Waals surface area contributed by atoms with Crippen molar-refractivity contribution in [2.45, 2.75) is 26.2 Å². The number of aromatic nitrogens is 1. The summed E-state index contributed by atoms with van der Waals surface area (Å²) in [5.41, 5.74) is 1.22. The fourth-order valence-electron chi connectivity index (χ4n) is 1.19. The highest BCUT2D eigenvalue weighted by Crippen LogP contribution is 1.99. The largest absolute Gasteiger partial charge is 0.356 e. The van der Waals surface area contributed by atoms with Gasteiger partial charge in [0, 0.05) is 25.4 Å². The lowest BCUT2D eigenvalue weighted by atomic mass is 10.1. The molecule has 14 heavy (non-hydrogen) atoms. The maximum atomic E-state index is 10.9. The summed E-state index contributed by atoms with van der Waals surface area (Å²) in [6.45, 7) is 2.61. The maximum Gasteiger partial charge on any atom is 0.219 e. The minimum Gasteiger partial charge on any atom is -0.356 e. The van der Waals surface area contributed by atoms with Crippen molar-refractivity contribution in [1.29, 1.82) is 0 Å². The fraction of sp³-hybridized carbons (Fsp3) is 0.455. The first-order valence-electron chi connectivity index (χ1n) is 4.98. The second-order valence-corrected chi connectivity index (χ2v) is 3.17.